The Labute approximate surface area is 108 Å². The maximum absolute atomic E-state index is 11.9. The van der Waals surface area contributed by atoms with Gasteiger partial charge in [0.05, 0.1) is 11.8 Å². The highest BCUT2D eigenvalue weighted by Crippen LogP contribution is 2.22. The normalized spacial score (nSPS) is 19.1. The van der Waals surface area contributed by atoms with Crippen LogP contribution in [0.3, 0.4) is 0 Å². The number of nitrogens with one attached hydrogen (secondary N) is 1. The van der Waals surface area contributed by atoms with Crippen LogP contribution in [0.4, 0.5) is 5.13 Å². The van der Waals surface area contributed by atoms with E-state index in [4.69, 9.17) is 4.42 Å². The number of nitrogens with zero attached hydrogens (tertiary/aromatic N) is 2. The molecule has 6 heteroatoms. The molecule has 0 aromatic carbocycles. The number of amides is 1. The standard InChI is InChI=1S/C12H13N3O2S/c16-11(9-2-5-17-8-9)14-10-1-4-15(7-10)12-13-3-6-18-12/h2-3,5-6,8,10H,1,4,7H2,(H,14,16)/t10-/m1/s1. The summed E-state index contributed by atoms with van der Waals surface area (Å²) in [7, 11) is 0. The van der Waals surface area contributed by atoms with Crippen molar-refractivity contribution in [1.82, 2.24) is 10.3 Å². The van der Waals surface area contributed by atoms with Gasteiger partial charge < -0.3 is 14.6 Å². The predicted octanol–water partition coefficient (Wildman–Crippen LogP) is 1.74. The molecule has 1 aliphatic heterocycles. The van der Waals surface area contributed by atoms with E-state index >= 15 is 0 Å². The van der Waals surface area contributed by atoms with E-state index < -0.39 is 0 Å². The molecule has 3 rings (SSSR count). The average molecular weight is 263 g/mol. The second kappa shape index (κ2) is 4.81. The van der Waals surface area contributed by atoms with Gasteiger partial charge in [0.2, 0.25) is 0 Å². The number of thiazole rings is 1. The molecule has 3 heterocycles. The summed E-state index contributed by atoms with van der Waals surface area (Å²) in [6.07, 6.45) is 5.72. The van der Waals surface area contributed by atoms with Crippen LogP contribution in [0.25, 0.3) is 0 Å². The van der Waals surface area contributed by atoms with Gasteiger partial charge in [0.1, 0.15) is 6.26 Å². The fourth-order valence-corrected chi connectivity index (χ4v) is 2.77. The number of anilines is 1. The lowest BCUT2D eigenvalue weighted by atomic mass is 10.2. The molecule has 0 aliphatic carbocycles. The van der Waals surface area contributed by atoms with Gasteiger partial charge in [-0.25, -0.2) is 4.98 Å². The van der Waals surface area contributed by atoms with E-state index in [0.29, 0.717) is 5.56 Å². The highest BCUT2D eigenvalue weighted by molar-refractivity contribution is 7.13. The Kier molecular flexibility index (Phi) is 3.02. The van der Waals surface area contributed by atoms with E-state index in [2.05, 4.69) is 15.2 Å². The third-order valence-electron chi connectivity index (χ3n) is 3.00. The fraction of sp³-hybridized carbons (Fsp3) is 0.333. The number of aromatic nitrogens is 1. The fourth-order valence-electron chi connectivity index (χ4n) is 2.09. The third kappa shape index (κ3) is 2.24. The Morgan fingerprint density at radius 3 is 3.28 bits per heavy atom. The highest BCUT2D eigenvalue weighted by Gasteiger charge is 2.25. The van der Waals surface area contributed by atoms with Gasteiger partial charge in [0.15, 0.2) is 5.13 Å². The second-order valence-corrected chi connectivity index (χ2v) is 5.10. The highest BCUT2D eigenvalue weighted by atomic mass is 32.1. The molecule has 1 atom stereocenters. The Bertz CT molecular complexity index is 509. The second-order valence-electron chi connectivity index (χ2n) is 4.23. The van der Waals surface area contributed by atoms with Crippen molar-refractivity contribution >= 4 is 22.4 Å². The molecule has 2 aromatic heterocycles. The summed E-state index contributed by atoms with van der Waals surface area (Å²) in [4.78, 5) is 18.3. The van der Waals surface area contributed by atoms with Gasteiger partial charge in [-0.15, -0.1) is 11.3 Å². The van der Waals surface area contributed by atoms with Crippen LogP contribution in [0.15, 0.2) is 34.6 Å². The van der Waals surface area contributed by atoms with Crippen molar-refractivity contribution in [2.75, 3.05) is 18.0 Å². The maximum atomic E-state index is 11.9. The van der Waals surface area contributed by atoms with Crippen LogP contribution in [0.1, 0.15) is 16.8 Å². The van der Waals surface area contributed by atoms with Crippen molar-refractivity contribution in [3.8, 4) is 0 Å². The lowest BCUT2D eigenvalue weighted by Gasteiger charge is -2.15. The van der Waals surface area contributed by atoms with Crippen molar-refractivity contribution in [1.29, 1.82) is 0 Å². The van der Waals surface area contributed by atoms with E-state index in [9.17, 15) is 4.79 Å². The number of hydrogen-bond donors (Lipinski definition) is 1. The van der Waals surface area contributed by atoms with E-state index in [-0.39, 0.29) is 11.9 Å². The molecule has 1 saturated heterocycles. The number of hydrogen-bond acceptors (Lipinski definition) is 5. The first kappa shape index (κ1) is 11.3. The van der Waals surface area contributed by atoms with Crippen molar-refractivity contribution in [3.05, 3.63) is 35.7 Å². The molecule has 1 N–H and O–H groups in total. The third-order valence-corrected chi connectivity index (χ3v) is 3.83. The molecule has 18 heavy (non-hydrogen) atoms. The molecule has 0 unspecified atom stereocenters. The molecule has 0 radical (unpaired) electrons. The topological polar surface area (TPSA) is 58.4 Å². The molecular formula is C12H13N3O2S. The van der Waals surface area contributed by atoms with Crippen molar-refractivity contribution < 1.29 is 9.21 Å². The zero-order chi connectivity index (χ0) is 12.4. The van der Waals surface area contributed by atoms with Crippen molar-refractivity contribution in [2.24, 2.45) is 0 Å². The summed E-state index contributed by atoms with van der Waals surface area (Å²) < 4.78 is 4.90. The molecule has 94 valence electrons. The predicted molar refractivity (Wildman–Crippen MR) is 68.9 cm³/mol. The van der Waals surface area contributed by atoms with Gasteiger partial charge in [-0.2, -0.15) is 0 Å². The molecule has 1 aliphatic rings. The zero-order valence-corrected chi connectivity index (χ0v) is 10.5. The minimum Gasteiger partial charge on any atom is -0.472 e. The van der Waals surface area contributed by atoms with E-state index in [0.717, 1.165) is 24.6 Å². The number of rotatable bonds is 3. The van der Waals surface area contributed by atoms with Crippen molar-refractivity contribution in [3.63, 3.8) is 0 Å². The van der Waals surface area contributed by atoms with Gasteiger partial charge in [0.25, 0.3) is 5.91 Å². The smallest absolute Gasteiger partial charge is 0.254 e. The van der Waals surface area contributed by atoms with Crippen LogP contribution in [0.5, 0.6) is 0 Å². The SMILES string of the molecule is O=C(N[C@@H]1CCN(c2nccs2)C1)c1ccoc1. The first-order valence-electron chi connectivity index (χ1n) is 5.80. The molecular weight excluding hydrogens is 250 g/mol. The Morgan fingerprint density at radius 1 is 1.61 bits per heavy atom. The van der Waals surface area contributed by atoms with Gasteiger partial charge in [0, 0.05) is 30.7 Å². The summed E-state index contributed by atoms with van der Waals surface area (Å²) in [5, 5.41) is 6.00. The Morgan fingerprint density at radius 2 is 2.56 bits per heavy atom. The molecule has 0 saturated carbocycles. The van der Waals surface area contributed by atoms with Crippen LogP contribution in [-0.2, 0) is 0 Å². The number of carbonyl (C=O) groups is 1. The summed E-state index contributed by atoms with van der Waals surface area (Å²) >= 11 is 1.63. The minimum atomic E-state index is -0.0743. The largest absolute Gasteiger partial charge is 0.472 e. The van der Waals surface area contributed by atoms with E-state index in [1.165, 1.54) is 12.5 Å². The summed E-state index contributed by atoms with van der Waals surface area (Å²) in [6.45, 7) is 1.75. The maximum Gasteiger partial charge on any atom is 0.254 e. The van der Waals surface area contributed by atoms with Gasteiger partial charge in [-0.05, 0) is 12.5 Å². The molecule has 1 fully saturated rings. The van der Waals surface area contributed by atoms with E-state index in [1.54, 1.807) is 23.6 Å². The summed E-state index contributed by atoms with van der Waals surface area (Å²) in [5.41, 5.74) is 0.572. The molecule has 0 spiro atoms. The molecule has 1 amide bonds. The molecule has 5 nitrogen and oxygen atoms in total. The monoisotopic (exact) mass is 263 g/mol. The van der Waals surface area contributed by atoms with Crippen LogP contribution in [0.2, 0.25) is 0 Å². The lowest BCUT2D eigenvalue weighted by molar-refractivity contribution is 0.0940. The Hall–Kier alpha value is -1.82. The molecule has 0 bridgehead atoms. The molecule has 2 aromatic rings. The first-order valence-corrected chi connectivity index (χ1v) is 6.68. The van der Waals surface area contributed by atoms with Gasteiger partial charge in [-0.1, -0.05) is 0 Å². The zero-order valence-electron chi connectivity index (χ0n) is 9.70. The van der Waals surface area contributed by atoms with Crippen LogP contribution >= 0.6 is 11.3 Å². The summed E-state index contributed by atoms with van der Waals surface area (Å²) in [5.74, 6) is -0.0743. The van der Waals surface area contributed by atoms with Gasteiger partial charge in [-0.3, -0.25) is 4.79 Å². The van der Waals surface area contributed by atoms with E-state index in [1.807, 2.05) is 5.38 Å². The summed E-state index contributed by atoms with van der Waals surface area (Å²) in [6, 6.07) is 1.85. The van der Waals surface area contributed by atoms with Crippen LogP contribution in [0, 0.1) is 0 Å². The number of carbonyl (C=O) groups excluding carboxylic acids is 1. The minimum absolute atomic E-state index is 0.0743. The quantitative estimate of drug-likeness (QED) is 0.916. The lowest BCUT2D eigenvalue weighted by Crippen LogP contribution is -2.36. The van der Waals surface area contributed by atoms with Gasteiger partial charge >= 0.3 is 0 Å². The first-order chi connectivity index (χ1) is 8.83. The Balaban J connectivity index is 1.58. The van der Waals surface area contributed by atoms with Crippen LogP contribution < -0.4 is 10.2 Å². The number of furan rings is 1. The average Bonchev–Trinajstić information content (AvgIpc) is 3.12. The van der Waals surface area contributed by atoms with Crippen molar-refractivity contribution in [2.45, 2.75) is 12.5 Å². The van der Waals surface area contributed by atoms with Crippen LogP contribution in [-0.4, -0.2) is 30.0 Å².